The van der Waals surface area contributed by atoms with Crippen molar-refractivity contribution in [1.82, 2.24) is 10.6 Å². The number of urea groups is 1. The number of aliphatic hydroxyl groups excluding tert-OH is 1. The number of carboxylic acids is 1. The summed E-state index contributed by atoms with van der Waals surface area (Å²) in [4.78, 5) is 21.7. The molecule has 0 spiro atoms. The molecule has 0 bridgehead atoms. The molecule has 0 saturated carbocycles. The van der Waals surface area contributed by atoms with Gasteiger partial charge in [0.05, 0.1) is 6.61 Å². The summed E-state index contributed by atoms with van der Waals surface area (Å²) in [5.41, 5.74) is 0. The summed E-state index contributed by atoms with van der Waals surface area (Å²) in [5.74, 6) is -0.0178. The van der Waals surface area contributed by atoms with Crippen LogP contribution in [0.1, 0.15) is 6.92 Å². The molecule has 6 nitrogen and oxygen atoms in total. The van der Waals surface area contributed by atoms with Gasteiger partial charge in [0.1, 0.15) is 0 Å². The zero-order chi connectivity index (χ0) is 12.6. The van der Waals surface area contributed by atoms with Crippen LogP contribution in [0.25, 0.3) is 0 Å². The minimum atomic E-state index is -1.25. The lowest BCUT2D eigenvalue weighted by Crippen LogP contribution is -2.48. The Balaban J connectivity index is 3.85. The average molecular weight is 250 g/mol. The van der Waals surface area contributed by atoms with Crippen LogP contribution in [0.15, 0.2) is 0 Å². The minimum Gasteiger partial charge on any atom is -0.480 e. The third-order valence-corrected chi connectivity index (χ3v) is 2.75. The Morgan fingerprint density at radius 1 is 1.44 bits per heavy atom. The normalized spacial score (nSPS) is 13.9. The molecule has 0 saturated heterocycles. The number of amides is 2. The molecule has 0 aliphatic carbocycles. The van der Waals surface area contributed by atoms with E-state index in [1.807, 2.05) is 13.2 Å². The lowest BCUT2D eigenvalue weighted by molar-refractivity contribution is -0.140. The van der Waals surface area contributed by atoms with Crippen molar-refractivity contribution in [3.8, 4) is 0 Å². The highest BCUT2D eigenvalue weighted by atomic mass is 32.2. The average Bonchev–Trinajstić information content (AvgIpc) is 2.23. The van der Waals surface area contributed by atoms with Crippen LogP contribution >= 0.6 is 11.8 Å². The molecule has 7 heteroatoms. The minimum absolute atomic E-state index is 0.318. The second-order valence-corrected chi connectivity index (χ2v) is 4.40. The molecule has 0 aromatic carbocycles. The second-order valence-electron chi connectivity index (χ2n) is 3.49. The van der Waals surface area contributed by atoms with Crippen molar-refractivity contribution in [3.63, 3.8) is 0 Å². The van der Waals surface area contributed by atoms with Crippen molar-refractivity contribution in [2.24, 2.45) is 5.92 Å². The Labute approximate surface area is 98.8 Å². The van der Waals surface area contributed by atoms with Gasteiger partial charge < -0.3 is 20.8 Å². The highest BCUT2D eigenvalue weighted by Gasteiger charge is 2.18. The third kappa shape index (κ3) is 6.52. The van der Waals surface area contributed by atoms with Crippen molar-refractivity contribution in [2.75, 3.05) is 25.2 Å². The maximum Gasteiger partial charge on any atom is 0.328 e. The number of hydrogen-bond acceptors (Lipinski definition) is 4. The monoisotopic (exact) mass is 250 g/mol. The zero-order valence-electron chi connectivity index (χ0n) is 9.40. The predicted octanol–water partition coefficient (Wildman–Crippen LogP) is -0.270. The molecule has 0 radical (unpaired) electrons. The van der Waals surface area contributed by atoms with E-state index in [-0.39, 0.29) is 0 Å². The number of aliphatic hydroxyl groups is 1. The molecule has 16 heavy (non-hydrogen) atoms. The summed E-state index contributed by atoms with van der Waals surface area (Å²) >= 11 is 1.68. The number of aliphatic carboxylic acids is 1. The summed E-state index contributed by atoms with van der Waals surface area (Å²) in [5, 5.41) is 22.0. The molecular formula is C9H18N2O4S. The van der Waals surface area contributed by atoms with E-state index in [4.69, 9.17) is 10.2 Å². The predicted molar refractivity (Wildman–Crippen MR) is 62.6 cm³/mol. The summed E-state index contributed by atoms with van der Waals surface area (Å²) in [6, 6.07) is -1.83. The van der Waals surface area contributed by atoms with Crippen LogP contribution in [0.2, 0.25) is 0 Å². The largest absolute Gasteiger partial charge is 0.480 e. The molecule has 2 atom stereocenters. The molecule has 0 heterocycles. The van der Waals surface area contributed by atoms with Gasteiger partial charge in [-0.2, -0.15) is 11.8 Å². The molecule has 0 aromatic rings. The number of rotatable bonds is 7. The van der Waals surface area contributed by atoms with Crippen LogP contribution < -0.4 is 10.6 Å². The van der Waals surface area contributed by atoms with E-state index < -0.39 is 24.6 Å². The van der Waals surface area contributed by atoms with Crippen LogP contribution in [0.3, 0.4) is 0 Å². The van der Waals surface area contributed by atoms with E-state index in [1.54, 1.807) is 11.8 Å². The lowest BCUT2D eigenvalue weighted by Gasteiger charge is -2.14. The molecule has 4 N–H and O–H groups in total. The number of carbonyl (C=O) groups excluding carboxylic acids is 1. The highest BCUT2D eigenvalue weighted by Crippen LogP contribution is 2.02. The Bertz CT molecular complexity index is 238. The molecule has 0 aliphatic heterocycles. The zero-order valence-corrected chi connectivity index (χ0v) is 10.2. The summed E-state index contributed by atoms with van der Waals surface area (Å²) < 4.78 is 0. The lowest BCUT2D eigenvalue weighted by atomic mass is 10.2. The molecule has 94 valence electrons. The van der Waals surface area contributed by atoms with Crippen LogP contribution in [0.4, 0.5) is 4.79 Å². The van der Waals surface area contributed by atoms with Crippen molar-refractivity contribution in [1.29, 1.82) is 0 Å². The number of carbonyl (C=O) groups is 2. The number of carboxylic acid groups (broad SMARTS) is 1. The van der Waals surface area contributed by atoms with E-state index in [9.17, 15) is 9.59 Å². The van der Waals surface area contributed by atoms with Crippen LogP contribution in [-0.2, 0) is 4.79 Å². The van der Waals surface area contributed by atoms with E-state index in [0.29, 0.717) is 12.5 Å². The molecule has 0 rings (SSSR count). The molecule has 0 fully saturated rings. The van der Waals surface area contributed by atoms with Gasteiger partial charge in [0.25, 0.3) is 0 Å². The van der Waals surface area contributed by atoms with Gasteiger partial charge in [-0.1, -0.05) is 6.92 Å². The van der Waals surface area contributed by atoms with Gasteiger partial charge in [-0.25, -0.2) is 9.59 Å². The van der Waals surface area contributed by atoms with Crippen LogP contribution in [0.5, 0.6) is 0 Å². The first kappa shape index (κ1) is 15.0. The van der Waals surface area contributed by atoms with Gasteiger partial charge in [-0.05, 0) is 17.9 Å². The second kappa shape index (κ2) is 8.23. The fourth-order valence-corrected chi connectivity index (χ4v) is 1.69. The van der Waals surface area contributed by atoms with E-state index in [1.165, 1.54) is 0 Å². The van der Waals surface area contributed by atoms with Crippen molar-refractivity contribution >= 4 is 23.8 Å². The van der Waals surface area contributed by atoms with Crippen molar-refractivity contribution in [3.05, 3.63) is 0 Å². The van der Waals surface area contributed by atoms with Crippen molar-refractivity contribution < 1.29 is 19.8 Å². The van der Waals surface area contributed by atoms with Gasteiger partial charge >= 0.3 is 12.0 Å². The van der Waals surface area contributed by atoms with Gasteiger partial charge in [0.2, 0.25) is 0 Å². The first-order valence-corrected chi connectivity index (χ1v) is 6.27. The Morgan fingerprint density at radius 3 is 2.50 bits per heavy atom. The summed E-state index contributed by atoms with van der Waals surface area (Å²) in [6.07, 6.45) is 1.97. The van der Waals surface area contributed by atoms with Gasteiger partial charge in [0.15, 0.2) is 6.04 Å². The highest BCUT2D eigenvalue weighted by molar-refractivity contribution is 7.98. The summed E-state index contributed by atoms with van der Waals surface area (Å²) in [6.45, 7) is 1.84. The van der Waals surface area contributed by atoms with E-state index >= 15 is 0 Å². The molecule has 0 aromatic heterocycles. The maximum absolute atomic E-state index is 11.2. The fourth-order valence-electron chi connectivity index (χ4n) is 1.01. The molecule has 2 amide bonds. The Kier molecular flexibility index (Phi) is 7.74. The fraction of sp³-hybridized carbons (Fsp3) is 0.778. The quantitative estimate of drug-likeness (QED) is 0.498. The van der Waals surface area contributed by atoms with Gasteiger partial charge in [-0.3, -0.25) is 0 Å². The molecule has 2 unspecified atom stereocenters. The van der Waals surface area contributed by atoms with Gasteiger partial charge in [-0.15, -0.1) is 0 Å². The maximum atomic E-state index is 11.2. The smallest absolute Gasteiger partial charge is 0.328 e. The number of thioether (sulfide) groups is 1. The molecule has 0 aliphatic rings. The first-order valence-electron chi connectivity index (χ1n) is 4.88. The number of nitrogens with one attached hydrogen (secondary N) is 2. The first-order chi connectivity index (χ1) is 7.51. The van der Waals surface area contributed by atoms with E-state index in [0.717, 1.165) is 5.75 Å². The van der Waals surface area contributed by atoms with E-state index in [2.05, 4.69) is 10.6 Å². The SMILES string of the molecule is CSCC(C)CNC(=O)NC(CO)C(=O)O. The standard InChI is InChI=1S/C9H18N2O4S/c1-6(5-16-2)3-10-9(15)11-7(4-12)8(13)14/h6-7,12H,3-5H2,1-2H3,(H,13,14)(H2,10,11,15). The topological polar surface area (TPSA) is 98.7 Å². The van der Waals surface area contributed by atoms with Crippen LogP contribution in [0, 0.1) is 5.92 Å². The third-order valence-electron chi connectivity index (χ3n) is 1.85. The van der Waals surface area contributed by atoms with Crippen LogP contribution in [-0.4, -0.2) is 53.4 Å². The van der Waals surface area contributed by atoms with Crippen molar-refractivity contribution in [2.45, 2.75) is 13.0 Å². The Hall–Kier alpha value is -0.950. The summed E-state index contributed by atoms with van der Waals surface area (Å²) in [7, 11) is 0. The Morgan fingerprint density at radius 2 is 2.06 bits per heavy atom. The van der Waals surface area contributed by atoms with Gasteiger partial charge in [0, 0.05) is 6.54 Å². The molecular weight excluding hydrogens is 232 g/mol. The number of hydrogen-bond donors (Lipinski definition) is 4.